The molecule has 4 nitrogen and oxygen atoms in total. The zero-order valence-corrected chi connectivity index (χ0v) is 7.78. The highest BCUT2D eigenvalue weighted by Gasteiger charge is 2.07. The van der Waals surface area contributed by atoms with Gasteiger partial charge in [-0.1, -0.05) is 18.2 Å². The number of nitrogens with one attached hydrogen (secondary N) is 2. The van der Waals surface area contributed by atoms with Crippen LogP contribution < -0.4 is 10.6 Å². The Labute approximate surface area is 82.3 Å². The van der Waals surface area contributed by atoms with Crippen molar-refractivity contribution >= 4 is 12.3 Å². The van der Waals surface area contributed by atoms with E-state index in [4.69, 9.17) is 0 Å². The van der Waals surface area contributed by atoms with E-state index >= 15 is 0 Å². The Morgan fingerprint density at radius 3 is 2.57 bits per heavy atom. The van der Waals surface area contributed by atoms with Gasteiger partial charge < -0.3 is 10.6 Å². The molecule has 0 saturated heterocycles. The van der Waals surface area contributed by atoms with Crippen LogP contribution in [0.25, 0.3) is 0 Å². The lowest BCUT2D eigenvalue weighted by molar-refractivity contribution is 0.0937. The quantitative estimate of drug-likeness (QED) is 0.535. The first-order chi connectivity index (χ1) is 6.74. The van der Waals surface area contributed by atoms with Crippen LogP contribution in [0, 0.1) is 0 Å². The Morgan fingerprint density at radius 1 is 1.36 bits per heavy atom. The summed E-state index contributed by atoms with van der Waals surface area (Å²) in [6.45, 7) is 1.66. The smallest absolute Gasteiger partial charge is 0.310 e. The third-order valence-electron chi connectivity index (χ3n) is 1.66. The molecule has 1 radical (unpaired) electrons. The lowest BCUT2D eigenvalue weighted by Gasteiger charge is -2.11. The number of benzene rings is 1. The van der Waals surface area contributed by atoms with Crippen molar-refractivity contribution in [2.45, 2.75) is 13.1 Å². The molecule has 73 valence electrons. The van der Waals surface area contributed by atoms with Crippen molar-refractivity contribution in [3.8, 4) is 0 Å². The SMILES string of the molecule is CC(N[C]=O)NC(=O)c1ccccc1. The summed E-state index contributed by atoms with van der Waals surface area (Å²) in [5.41, 5.74) is 0.562. The normalized spacial score (nSPS) is 11.5. The molecule has 0 saturated carbocycles. The van der Waals surface area contributed by atoms with Gasteiger partial charge in [-0.05, 0) is 19.1 Å². The van der Waals surface area contributed by atoms with Crippen LogP contribution in [-0.4, -0.2) is 18.5 Å². The molecule has 0 aliphatic rings. The largest absolute Gasteiger partial charge is 0.332 e. The average Bonchev–Trinajstić information content (AvgIpc) is 2.19. The number of carbonyl (C=O) groups is 1. The molecule has 0 spiro atoms. The number of hydrogen-bond donors (Lipinski definition) is 2. The summed E-state index contributed by atoms with van der Waals surface area (Å²) in [7, 11) is 0. The van der Waals surface area contributed by atoms with Crippen LogP contribution in [0.5, 0.6) is 0 Å². The maximum absolute atomic E-state index is 11.4. The number of rotatable bonds is 4. The number of hydrogen-bond acceptors (Lipinski definition) is 2. The molecule has 1 aromatic carbocycles. The second-order valence-corrected chi connectivity index (χ2v) is 2.81. The zero-order valence-electron chi connectivity index (χ0n) is 7.78. The summed E-state index contributed by atoms with van der Waals surface area (Å²) in [5.74, 6) is -0.221. The lowest BCUT2D eigenvalue weighted by Crippen LogP contribution is -2.42. The molecule has 0 heterocycles. The Balaban J connectivity index is 2.55. The van der Waals surface area contributed by atoms with Crippen LogP contribution >= 0.6 is 0 Å². The molecular weight excluding hydrogens is 180 g/mol. The monoisotopic (exact) mass is 191 g/mol. The van der Waals surface area contributed by atoms with Gasteiger partial charge in [0.1, 0.15) is 0 Å². The van der Waals surface area contributed by atoms with Crippen molar-refractivity contribution in [2.75, 3.05) is 0 Å². The molecule has 1 atom stereocenters. The van der Waals surface area contributed by atoms with Gasteiger partial charge in [0.15, 0.2) is 0 Å². The van der Waals surface area contributed by atoms with E-state index in [2.05, 4.69) is 10.6 Å². The average molecular weight is 191 g/mol. The highest BCUT2D eigenvalue weighted by atomic mass is 16.2. The summed E-state index contributed by atoms with van der Waals surface area (Å²) >= 11 is 0. The molecule has 0 fully saturated rings. The van der Waals surface area contributed by atoms with Gasteiger partial charge in [-0.3, -0.25) is 9.59 Å². The molecular formula is C10H11N2O2. The molecule has 0 aromatic heterocycles. The van der Waals surface area contributed by atoms with Crippen molar-refractivity contribution in [1.29, 1.82) is 0 Å². The molecule has 1 unspecified atom stereocenters. The predicted molar refractivity (Wildman–Crippen MR) is 52.2 cm³/mol. The maximum Gasteiger partial charge on any atom is 0.310 e. The summed E-state index contributed by atoms with van der Waals surface area (Å²) < 4.78 is 0. The summed E-state index contributed by atoms with van der Waals surface area (Å²) in [5, 5.41) is 4.89. The fourth-order valence-electron chi connectivity index (χ4n) is 0.994. The lowest BCUT2D eigenvalue weighted by atomic mass is 10.2. The summed E-state index contributed by atoms with van der Waals surface area (Å²) in [6.07, 6.45) is 1.09. The topological polar surface area (TPSA) is 58.2 Å². The molecule has 0 aliphatic carbocycles. The van der Waals surface area contributed by atoms with Crippen LogP contribution in [0.15, 0.2) is 30.3 Å². The predicted octanol–water partition coefficient (Wildman–Crippen LogP) is 0.419. The standard InChI is InChI=1S/C10H11N2O2/c1-8(11-7-13)12-10(14)9-5-3-2-4-6-9/h2-6,8H,1H3,(H,11,13)(H,12,14). The molecule has 0 aliphatic heterocycles. The van der Waals surface area contributed by atoms with Gasteiger partial charge in [-0.15, -0.1) is 0 Å². The van der Waals surface area contributed by atoms with Gasteiger partial charge in [-0.2, -0.15) is 0 Å². The van der Waals surface area contributed by atoms with Crippen LogP contribution in [0.1, 0.15) is 17.3 Å². The van der Waals surface area contributed by atoms with E-state index in [1.54, 1.807) is 31.2 Å². The minimum absolute atomic E-state index is 0.221. The molecule has 1 rings (SSSR count). The highest BCUT2D eigenvalue weighted by molar-refractivity contribution is 5.94. The van der Waals surface area contributed by atoms with E-state index in [1.807, 2.05) is 6.07 Å². The van der Waals surface area contributed by atoms with Crippen molar-refractivity contribution in [2.24, 2.45) is 0 Å². The van der Waals surface area contributed by atoms with E-state index < -0.39 is 6.17 Å². The zero-order chi connectivity index (χ0) is 10.4. The van der Waals surface area contributed by atoms with E-state index in [1.165, 1.54) is 6.41 Å². The van der Waals surface area contributed by atoms with Crippen molar-refractivity contribution in [3.05, 3.63) is 35.9 Å². The maximum atomic E-state index is 11.4. The van der Waals surface area contributed by atoms with Crippen molar-refractivity contribution in [3.63, 3.8) is 0 Å². The Bertz CT molecular complexity index is 311. The number of carbonyl (C=O) groups excluding carboxylic acids is 2. The van der Waals surface area contributed by atoms with Gasteiger partial charge in [0, 0.05) is 5.56 Å². The first-order valence-electron chi connectivity index (χ1n) is 4.22. The summed E-state index contributed by atoms with van der Waals surface area (Å²) in [4.78, 5) is 21.4. The third-order valence-corrected chi connectivity index (χ3v) is 1.66. The van der Waals surface area contributed by atoms with Crippen LogP contribution in [0.2, 0.25) is 0 Å². The van der Waals surface area contributed by atoms with Gasteiger partial charge in [0.2, 0.25) is 0 Å². The van der Waals surface area contributed by atoms with Crippen molar-refractivity contribution < 1.29 is 9.59 Å². The third kappa shape index (κ3) is 2.90. The molecule has 4 heteroatoms. The van der Waals surface area contributed by atoms with E-state index in [9.17, 15) is 9.59 Å². The van der Waals surface area contributed by atoms with E-state index in [-0.39, 0.29) is 5.91 Å². The molecule has 14 heavy (non-hydrogen) atoms. The molecule has 1 aromatic rings. The van der Waals surface area contributed by atoms with Crippen LogP contribution in [-0.2, 0) is 4.79 Å². The van der Waals surface area contributed by atoms with Gasteiger partial charge in [0.25, 0.3) is 5.91 Å². The van der Waals surface area contributed by atoms with Gasteiger partial charge >= 0.3 is 6.41 Å². The van der Waals surface area contributed by atoms with Crippen molar-refractivity contribution in [1.82, 2.24) is 10.6 Å². The Kier molecular flexibility index (Phi) is 3.67. The molecule has 2 amide bonds. The van der Waals surface area contributed by atoms with Crippen LogP contribution in [0.3, 0.4) is 0 Å². The molecule has 2 N–H and O–H groups in total. The molecule has 0 bridgehead atoms. The minimum atomic E-state index is -0.416. The second-order valence-electron chi connectivity index (χ2n) is 2.81. The minimum Gasteiger partial charge on any atom is -0.332 e. The first kappa shape index (κ1) is 10.2. The Hall–Kier alpha value is -1.84. The van der Waals surface area contributed by atoms with Gasteiger partial charge in [-0.25, -0.2) is 0 Å². The number of amides is 2. The van der Waals surface area contributed by atoms with E-state index in [0.29, 0.717) is 5.56 Å². The fourth-order valence-corrected chi connectivity index (χ4v) is 0.994. The Morgan fingerprint density at radius 2 is 2.00 bits per heavy atom. The fraction of sp³-hybridized carbons (Fsp3) is 0.200. The first-order valence-corrected chi connectivity index (χ1v) is 4.22. The van der Waals surface area contributed by atoms with Gasteiger partial charge in [0.05, 0.1) is 6.17 Å². The second kappa shape index (κ2) is 5.01. The summed E-state index contributed by atoms with van der Waals surface area (Å²) in [6, 6.07) is 8.79. The van der Waals surface area contributed by atoms with E-state index in [0.717, 1.165) is 0 Å². The highest BCUT2D eigenvalue weighted by Crippen LogP contribution is 1.97. The van der Waals surface area contributed by atoms with Crippen LogP contribution in [0.4, 0.5) is 0 Å².